The second-order valence-corrected chi connectivity index (χ2v) is 9.78. The second-order valence-electron chi connectivity index (χ2n) is 9.78. The summed E-state index contributed by atoms with van der Waals surface area (Å²) in [5.41, 5.74) is 7.25. The van der Waals surface area contributed by atoms with Crippen LogP contribution in [0.3, 0.4) is 0 Å². The molecule has 0 saturated heterocycles. The Balaban J connectivity index is 1.67. The Bertz CT molecular complexity index is 1320. The number of benzene rings is 3. The van der Waals surface area contributed by atoms with Crippen LogP contribution in [0.25, 0.3) is 11.1 Å². The Morgan fingerprint density at radius 3 is 2.20 bits per heavy atom. The molecule has 0 aliphatic heterocycles. The topological polar surface area (TPSA) is 123 Å². The molecule has 5 N–H and O–H groups in total. The molecule has 8 nitrogen and oxygen atoms in total. The zero-order chi connectivity index (χ0) is 29.3. The third kappa shape index (κ3) is 8.17. The van der Waals surface area contributed by atoms with Crippen LogP contribution in [0.2, 0.25) is 0 Å². The molecule has 0 bridgehead atoms. The fraction of sp³-hybridized carbons (Fsp3) is 0.300. The molecule has 3 amide bonds. The molecule has 3 aromatic rings. The molecule has 0 aliphatic rings. The molecule has 3 rings (SSSR count). The van der Waals surface area contributed by atoms with Gasteiger partial charge in [-0.3, -0.25) is 14.4 Å². The molecule has 0 radical (unpaired) electrons. The van der Waals surface area contributed by atoms with Crippen LogP contribution in [0.4, 0.5) is 8.78 Å². The van der Waals surface area contributed by atoms with E-state index >= 15 is 0 Å². The van der Waals surface area contributed by atoms with Gasteiger partial charge in [0.25, 0.3) is 5.91 Å². The first-order valence-corrected chi connectivity index (χ1v) is 12.9. The first-order valence-electron chi connectivity index (χ1n) is 12.9. The average Bonchev–Trinajstić information content (AvgIpc) is 2.92. The van der Waals surface area contributed by atoms with E-state index in [0.717, 1.165) is 28.8 Å². The van der Waals surface area contributed by atoms with Gasteiger partial charge >= 0.3 is 0 Å². The standard InChI is InChI=1S/C30H34F2N4O4/c1-4-34-27(37)22-9-6-5-8-21(22)20-14-12-19(13-15-20)16-35-28(38)26(36-29(39)30(2,3)33)18-40-17-23-24(31)10-7-11-25(23)32/h5-15,26H,4,16-18,33H2,1-3H3,(H,34,37)(H,35,38)(H,36,39). The van der Waals surface area contributed by atoms with E-state index < -0.39 is 41.6 Å². The number of nitrogens with two attached hydrogens (primary N) is 1. The molecule has 0 aromatic heterocycles. The molecule has 10 heteroatoms. The van der Waals surface area contributed by atoms with E-state index in [1.54, 1.807) is 12.1 Å². The lowest BCUT2D eigenvalue weighted by Crippen LogP contribution is -2.57. The van der Waals surface area contributed by atoms with Crippen molar-refractivity contribution in [3.8, 4) is 11.1 Å². The fourth-order valence-electron chi connectivity index (χ4n) is 3.78. The molecule has 212 valence electrons. The highest BCUT2D eigenvalue weighted by molar-refractivity contribution is 6.00. The summed E-state index contributed by atoms with van der Waals surface area (Å²) in [6.07, 6.45) is 0. The summed E-state index contributed by atoms with van der Waals surface area (Å²) in [5, 5.41) is 8.09. The van der Waals surface area contributed by atoms with E-state index in [0.29, 0.717) is 12.1 Å². The van der Waals surface area contributed by atoms with Crippen molar-refractivity contribution < 1.29 is 27.9 Å². The van der Waals surface area contributed by atoms with Gasteiger partial charge in [-0.15, -0.1) is 0 Å². The summed E-state index contributed by atoms with van der Waals surface area (Å²) in [5.74, 6) is -2.86. The number of halogens is 2. The Labute approximate surface area is 232 Å². The van der Waals surface area contributed by atoms with Crippen LogP contribution < -0.4 is 21.7 Å². The second kappa shape index (κ2) is 13.8. The quantitative estimate of drug-likeness (QED) is 0.274. The fourth-order valence-corrected chi connectivity index (χ4v) is 3.78. The molecule has 1 atom stereocenters. The molecule has 0 saturated carbocycles. The Kier molecular flexibility index (Phi) is 10.5. The maximum atomic E-state index is 13.9. The number of carbonyl (C=O) groups is 3. The minimum atomic E-state index is -1.27. The number of carbonyl (C=O) groups excluding carboxylic acids is 3. The van der Waals surface area contributed by atoms with Gasteiger partial charge in [-0.05, 0) is 55.7 Å². The van der Waals surface area contributed by atoms with Crippen molar-refractivity contribution in [2.24, 2.45) is 5.73 Å². The summed E-state index contributed by atoms with van der Waals surface area (Å²) >= 11 is 0. The van der Waals surface area contributed by atoms with Crippen LogP contribution in [0.15, 0.2) is 66.7 Å². The molecule has 40 heavy (non-hydrogen) atoms. The average molecular weight is 553 g/mol. The molecular weight excluding hydrogens is 518 g/mol. The molecule has 3 aromatic carbocycles. The van der Waals surface area contributed by atoms with E-state index in [-0.39, 0.29) is 24.6 Å². The SMILES string of the molecule is CCNC(=O)c1ccccc1-c1ccc(CNC(=O)C(COCc2c(F)cccc2F)NC(=O)C(C)(C)N)cc1. The third-order valence-electron chi connectivity index (χ3n) is 6.04. The van der Waals surface area contributed by atoms with Crippen molar-refractivity contribution in [1.29, 1.82) is 0 Å². The monoisotopic (exact) mass is 552 g/mol. The van der Waals surface area contributed by atoms with Gasteiger partial charge < -0.3 is 26.4 Å². The lowest BCUT2D eigenvalue weighted by Gasteiger charge is -2.24. The lowest BCUT2D eigenvalue weighted by molar-refractivity contribution is -0.132. The molecular formula is C30H34F2N4O4. The van der Waals surface area contributed by atoms with Gasteiger partial charge in [-0.25, -0.2) is 8.78 Å². The normalized spacial score (nSPS) is 11.9. The minimum Gasteiger partial charge on any atom is -0.374 e. The summed E-state index contributed by atoms with van der Waals surface area (Å²) in [6, 6.07) is 16.9. The number of hydrogen-bond donors (Lipinski definition) is 4. The highest BCUT2D eigenvalue weighted by Gasteiger charge is 2.28. The van der Waals surface area contributed by atoms with Crippen LogP contribution in [-0.2, 0) is 27.5 Å². The minimum absolute atomic E-state index is 0.136. The summed E-state index contributed by atoms with van der Waals surface area (Å²) in [7, 11) is 0. The molecule has 0 fully saturated rings. The maximum absolute atomic E-state index is 13.9. The van der Waals surface area contributed by atoms with E-state index in [9.17, 15) is 23.2 Å². The van der Waals surface area contributed by atoms with Crippen LogP contribution in [0.1, 0.15) is 42.3 Å². The Morgan fingerprint density at radius 1 is 0.925 bits per heavy atom. The number of hydrogen-bond acceptors (Lipinski definition) is 5. The highest BCUT2D eigenvalue weighted by Crippen LogP contribution is 2.24. The van der Waals surface area contributed by atoms with Crippen molar-refractivity contribution in [2.75, 3.05) is 13.2 Å². The van der Waals surface area contributed by atoms with Gasteiger partial charge in [-0.2, -0.15) is 0 Å². The molecule has 0 spiro atoms. The third-order valence-corrected chi connectivity index (χ3v) is 6.04. The predicted molar refractivity (Wildman–Crippen MR) is 148 cm³/mol. The summed E-state index contributed by atoms with van der Waals surface area (Å²) in [6.45, 7) is 4.71. The molecule has 0 heterocycles. The predicted octanol–water partition coefficient (Wildman–Crippen LogP) is 3.44. The zero-order valence-electron chi connectivity index (χ0n) is 22.7. The van der Waals surface area contributed by atoms with Crippen molar-refractivity contribution in [3.05, 3.63) is 95.1 Å². The Morgan fingerprint density at radius 2 is 1.57 bits per heavy atom. The maximum Gasteiger partial charge on any atom is 0.251 e. The van der Waals surface area contributed by atoms with E-state index in [2.05, 4.69) is 16.0 Å². The number of rotatable bonds is 12. The number of amides is 3. The molecule has 0 aliphatic carbocycles. The van der Waals surface area contributed by atoms with E-state index in [4.69, 9.17) is 10.5 Å². The highest BCUT2D eigenvalue weighted by atomic mass is 19.1. The van der Waals surface area contributed by atoms with E-state index in [1.165, 1.54) is 19.9 Å². The van der Waals surface area contributed by atoms with E-state index in [1.807, 2.05) is 43.3 Å². The van der Waals surface area contributed by atoms with Crippen LogP contribution >= 0.6 is 0 Å². The van der Waals surface area contributed by atoms with Crippen LogP contribution in [0.5, 0.6) is 0 Å². The van der Waals surface area contributed by atoms with Crippen molar-refractivity contribution in [3.63, 3.8) is 0 Å². The van der Waals surface area contributed by atoms with Crippen molar-refractivity contribution in [1.82, 2.24) is 16.0 Å². The van der Waals surface area contributed by atoms with Gasteiger partial charge in [0.15, 0.2) is 0 Å². The van der Waals surface area contributed by atoms with Gasteiger partial charge in [0.05, 0.1) is 18.8 Å². The first-order chi connectivity index (χ1) is 19.0. The summed E-state index contributed by atoms with van der Waals surface area (Å²) in [4.78, 5) is 37.9. The first kappa shape index (κ1) is 30.4. The van der Waals surface area contributed by atoms with Crippen molar-refractivity contribution in [2.45, 2.75) is 45.5 Å². The number of nitrogens with one attached hydrogen (secondary N) is 3. The van der Waals surface area contributed by atoms with Crippen LogP contribution in [0, 0.1) is 11.6 Å². The van der Waals surface area contributed by atoms with Gasteiger partial charge in [-0.1, -0.05) is 48.5 Å². The zero-order valence-corrected chi connectivity index (χ0v) is 22.7. The lowest BCUT2D eigenvalue weighted by atomic mass is 9.98. The Hall–Kier alpha value is -4.15. The largest absolute Gasteiger partial charge is 0.374 e. The van der Waals surface area contributed by atoms with Crippen LogP contribution in [-0.4, -0.2) is 42.5 Å². The smallest absolute Gasteiger partial charge is 0.251 e. The summed E-state index contributed by atoms with van der Waals surface area (Å²) < 4.78 is 33.3. The van der Waals surface area contributed by atoms with Gasteiger partial charge in [0.2, 0.25) is 11.8 Å². The van der Waals surface area contributed by atoms with Gasteiger partial charge in [0, 0.05) is 24.2 Å². The number of ether oxygens (including phenoxy) is 1. The van der Waals surface area contributed by atoms with Crippen molar-refractivity contribution >= 4 is 17.7 Å². The molecule has 1 unspecified atom stereocenters. The van der Waals surface area contributed by atoms with Gasteiger partial charge in [0.1, 0.15) is 17.7 Å².